The summed E-state index contributed by atoms with van der Waals surface area (Å²) in [7, 11) is 1.39. The Kier molecular flexibility index (Phi) is 4.09. The third-order valence-electron chi connectivity index (χ3n) is 3.19. The Hall–Kier alpha value is -1.88. The van der Waals surface area contributed by atoms with Gasteiger partial charge < -0.3 is 5.32 Å². The largest absolute Gasteiger partial charge is 0.309 e. The molecule has 2 rings (SSSR count). The van der Waals surface area contributed by atoms with Gasteiger partial charge in [0.25, 0.3) is 0 Å². The van der Waals surface area contributed by atoms with E-state index in [1.165, 1.54) is 26.1 Å². The zero-order chi connectivity index (χ0) is 14.9. The lowest BCUT2D eigenvalue weighted by Gasteiger charge is -2.20. The first-order valence-corrected chi connectivity index (χ1v) is 6.03. The highest BCUT2D eigenvalue weighted by Crippen LogP contribution is 2.31. The van der Waals surface area contributed by atoms with Gasteiger partial charge in [-0.05, 0) is 37.7 Å². The predicted molar refractivity (Wildman–Crippen MR) is 68.4 cm³/mol. The minimum atomic E-state index is -1.24. The van der Waals surface area contributed by atoms with Crippen molar-refractivity contribution in [1.29, 1.82) is 0 Å². The van der Waals surface area contributed by atoms with Crippen LogP contribution in [0.5, 0.6) is 0 Å². The molecule has 0 fully saturated rings. The van der Waals surface area contributed by atoms with Gasteiger partial charge in [0, 0.05) is 11.1 Å². The van der Waals surface area contributed by atoms with Crippen molar-refractivity contribution in [3.8, 4) is 0 Å². The van der Waals surface area contributed by atoms with Gasteiger partial charge in [-0.2, -0.15) is 0 Å². The minimum absolute atomic E-state index is 0.207. The van der Waals surface area contributed by atoms with Gasteiger partial charge in [-0.3, -0.25) is 0 Å². The Balaban J connectivity index is 2.68. The summed E-state index contributed by atoms with van der Waals surface area (Å²) in [6.45, 7) is 1.46. The van der Waals surface area contributed by atoms with Gasteiger partial charge in [0.05, 0.1) is 6.04 Å². The van der Waals surface area contributed by atoms with E-state index in [1.807, 2.05) is 0 Å². The second kappa shape index (κ2) is 5.63. The second-order valence-electron chi connectivity index (χ2n) is 4.45. The van der Waals surface area contributed by atoms with Gasteiger partial charge in [0.1, 0.15) is 23.3 Å². The van der Waals surface area contributed by atoms with Gasteiger partial charge in [-0.25, -0.2) is 17.6 Å². The zero-order valence-corrected chi connectivity index (χ0v) is 11.0. The van der Waals surface area contributed by atoms with Crippen LogP contribution < -0.4 is 5.32 Å². The molecule has 0 aliphatic carbocycles. The first-order valence-electron chi connectivity index (χ1n) is 6.03. The molecule has 0 heterocycles. The van der Waals surface area contributed by atoms with Crippen molar-refractivity contribution in [2.45, 2.75) is 13.0 Å². The fraction of sp³-hybridized carbons (Fsp3) is 0.200. The van der Waals surface area contributed by atoms with Crippen LogP contribution >= 0.6 is 0 Å². The van der Waals surface area contributed by atoms with Crippen molar-refractivity contribution in [3.63, 3.8) is 0 Å². The molecule has 5 heteroatoms. The Morgan fingerprint density at radius 3 is 1.95 bits per heavy atom. The monoisotopic (exact) mass is 283 g/mol. The van der Waals surface area contributed by atoms with E-state index in [4.69, 9.17) is 0 Å². The SMILES string of the molecule is CNC(c1c(F)cccc1F)c1c(F)ccc(C)c1F. The quantitative estimate of drug-likeness (QED) is 0.843. The summed E-state index contributed by atoms with van der Waals surface area (Å²) < 4.78 is 55.6. The third kappa shape index (κ3) is 2.41. The van der Waals surface area contributed by atoms with Gasteiger partial charge in [0.2, 0.25) is 0 Å². The van der Waals surface area contributed by atoms with Gasteiger partial charge in [-0.1, -0.05) is 12.1 Å². The molecule has 1 N–H and O–H groups in total. The standard InChI is InChI=1S/C15H13F4N/c1-8-6-7-11(18)13(14(8)19)15(20-2)12-9(16)4-3-5-10(12)17/h3-7,15,20H,1-2H3. The van der Waals surface area contributed by atoms with Crippen molar-refractivity contribution in [2.24, 2.45) is 0 Å². The molecule has 1 nitrogen and oxygen atoms in total. The fourth-order valence-corrected chi connectivity index (χ4v) is 2.16. The first kappa shape index (κ1) is 14.5. The van der Waals surface area contributed by atoms with E-state index in [0.717, 1.165) is 18.2 Å². The lowest BCUT2D eigenvalue weighted by Crippen LogP contribution is -2.23. The average molecular weight is 283 g/mol. The van der Waals surface area contributed by atoms with Crippen LogP contribution in [0, 0.1) is 30.2 Å². The van der Waals surface area contributed by atoms with Crippen LogP contribution in [0.25, 0.3) is 0 Å². The van der Waals surface area contributed by atoms with Crippen LogP contribution in [0.3, 0.4) is 0 Å². The molecule has 2 aromatic carbocycles. The summed E-state index contributed by atoms with van der Waals surface area (Å²) in [5, 5.41) is 2.57. The van der Waals surface area contributed by atoms with E-state index in [2.05, 4.69) is 5.32 Å². The van der Waals surface area contributed by atoms with E-state index in [0.29, 0.717) is 0 Å². The molecule has 0 aliphatic rings. The van der Waals surface area contributed by atoms with Crippen LogP contribution in [0.1, 0.15) is 22.7 Å². The van der Waals surface area contributed by atoms with Crippen LogP contribution in [0.4, 0.5) is 17.6 Å². The Morgan fingerprint density at radius 2 is 1.40 bits per heavy atom. The smallest absolute Gasteiger partial charge is 0.134 e. The molecule has 0 saturated heterocycles. The van der Waals surface area contributed by atoms with Crippen molar-refractivity contribution in [1.82, 2.24) is 5.32 Å². The Bertz CT molecular complexity index is 620. The molecule has 0 spiro atoms. The molecule has 1 atom stereocenters. The van der Waals surface area contributed by atoms with Crippen LogP contribution in [-0.2, 0) is 0 Å². The number of hydrogen-bond acceptors (Lipinski definition) is 1. The lowest BCUT2D eigenvalue weighted by molar-refractivity contribution is 0.482. The maximum atomic E-state index is 14.1. The highest BCUT2D eigenvalue weighted by molar-refractivity contribution is 5.37. The highest BCUT2D eigenvalue weighted by atomic mass is 19.1. The molecule has 0 aromatic heterocycles. The molecular formula is C15H13F4N. The molecule has 1 unspecified atom stereocenters. The summed E-state index contributed by atoms with van der Waals surface area (Å²) in [4.78, 5) is 0. The summed E-state index contributed by atoms with van der Waals surface area (Å²) >= 11 is 0. The van der Waals surface area contributed by atoms with Gasteiger partial charge in [0.15, 0.2) is 0 Å². The molecule has 0 amide bonds. The molecule has 2 aromatic rings. The Morgan fingerprint density at radius 1 is 0.850 bits per heavy atom. The normalized spacial score (nSPS) is 12.5. The lowest BCUT2D eigenvalue weighted by atomic mass is 9.95. The Labute approximate surface area is 114 Å². The maximum Gasteiger partial charge on any atom is 0.134 e. The van der Waals surface area contributed by atoms with E-state index in [9.17, 15) is 17.6 Å². The summed E-state index contributed by atoms with van der Waals surface area (Å²) in [5.41, 5.74) is -0.590. The van der Waals surface area contributed by atoms with Crippen LogP contribution in [0.2, 0.25) is 0 Å². The van der Waals surface area contributed by atoms with E-state index < -0.39 is 40.4 Å². The number of hydrogen-bond donors (Lipinski definition) is 1. The molecule has 0 aliphatic heterocycles. The van der Waals surface area contributed by atoms with Gasteiger partial charge >= 0.3 is 0 Å². The fourth-order valence-electron chi connectivity index (χ4n) is 2.16. The van der Waals surface area contributed by atoms with Crippen molar-refractivity contribution in [3.05, 3.63) is 70.3 Å². The van der Waals surface area contributed by atoms with Crippen LogP contribution in [0.15, 0.2) is 30.3 Å². The molecule has 0 saturated carbocycles. The predicted octanol–water partition coefficient (Wildman–Crippen LogP) is 3.86. The maximum absolute atomic E-state index is 14.1. The zero-order valence-electron chi connectivity index (χ0n) is 11.0. The summed E-state index contributed by atoms with van der Waals surface area (Å²) in [6, 6.07) is 4.42. The highest BCUT2D eigenvalue weighted by Gasteiger charge is 2.26. The van der Waals surface area contributed by atoms with E-state index in [-0.39, 0.29) is 5.56 Å². The number of nitrogens with one attached hydrogen (secondary N) is 1. The van der Waals surface area contributed by atoms with Gasteiger partial charge in [-0.15, -0.1) is 0 Å². The molecule has 106 valence electrons. The van der Waals surface area contributed by atoms with Crippen molar-refractivity contribution < 1.29 is 17.6 Å². The van der Waals surface area contributed by atoms with Crippen molar-refractivity contribution >= 4 is 0 Å². The number of rotatable bonds is 3. The topological polar surface area (TPSA) is 12.0 Å². The second-order valence-corrected chi connectivity index (χ2v) is 4.45. The molecule has 0 radical (unpaired) electrons. The number of aryl methyl sites for hydroxylation is 1. The molecular weight excluding hydrogens is 270 g/mol. The minimum Gasteiger partial charge on any atom is -0.309 e. The summed E-state index contributed by atoms with van der Waals surface area (Å²) in [6.07, 6.45) is 0. The molecule has 20 heavy (non-hydrogen) atoms. The van der Waals surface area contributed by atoms with E-state index in [1.54, 1.807) is 0 Å². The number of benzene rings is 2. The number of halogens is 4. The average Bonchev–Trinajstić information content (AvgIpc) is 2.41. The van der Waals surface area contributed by atoms with E-state index >= 15 is 0 Å². The van der Waals surface area contributed by atoms with Crippen molar-refractivity contribution in [2.75, 3.05) is 7.05 Å². The third-order valence-corrected chi connectivity index (χ3v) is 3.19. The van der Waals surface area contributed by atoms with Crippen LogP contribution in [-0.4, -0.2) is 7.05 Å². The molecule has 0 bridgehead atoms. The first-order chi connectivity index (χ1) is 9.47. The summed E-state index contributed by atoms with van der Waals surface area (Å²) in [5.74, 6) is -3.38.